The average molecular weight is 280 g/mol. The van der Waals surface area contributed by atoms with E-state index in [0.29, 0.717) is 32.0 Å². The van der Waals surface area contributed by atoms with E-state index in [1.807, 2.05) is 11.9 Å². The van der Waals surface area contributed by atoms with Gasteiger partial charge in [0.15, 0.2) is 6.10 Å². The van der Waals surface area contributed by atoms with Crippen LogP contribution < -0.4 is 9.80 Å². The lowest BCUT2D eigenvalue weighted by atomic mass is 10.1. The van der Waals surface area contributed by atoms with Gasteiger partial charge in [-0.3, -0.25) is 4.79 Å². The Kier molecular flexibility index (Phi) is 3.58. The van der Waals surface area contributed by atoms with Crippen LogP contribution in [0.4, 0.5) is 15.8 Å². The molecule has 0 radical (unpaired) electrons. The molecule has 0 N–H and O–H groups in total. The minimum Gasteiger partial charge on any atom is -0.376 e. The van der Waals surface area contributed by atoms with Crippen molar-refractivity contribution >= 4 is 17.3 Å². The van der Waals surface area contributed by atoms with Crippen LogP contribution in [-0.2, 0) is 14.3 Å². The predicted molar refractivity (Wildman–Crippen MR) is 72.6 cm³/mol. The van der Waals surface area contributed by atoms with Gasteiger partial charge in [0.25, 0.3) is 5.91 Å². The first kappa shape index (κ1) is 13.3. The zero-order chi connectivity index (χ0) is 14.1. The van der Waals surface area contributed by atoms with Crippen LogP contribution in [0.3, 0.4) is 0 Å². The number of rotatable bonds is 1. The second-order valence-electron chi connectivity index (χ2n) is 4.98. The van der Waals surface area contributed by atoms with E-state index in [2.05, 4.69) is 0 Å². The van der Waals surface area contributed by atoms with Crippen LogP contribution in [0.2, 0.25) is 0 Å². The molecule has 0 aromatic heterocycles. The lowest BCUT2D eigenvalue weighted by Gasteiger charge is -2.37. The second kappa shape index (κ2) is 5.38. The quantitative estimate of drug-likeness (QED) is 0.770. The number of hydrogen-bond donors (Lipinski definition) is 0. The van der Waals surface area contributed by atoms with Crippen LogP contribution in [0, 0.1) is 5.82 Å². The highest BCUT2D eigenvalue weighted by atomic mass is 19.1. The van der Waals surface area contributed by atoms with Crippen LogP contribution >= 0.6 is 0 Å². The Bertz CT molecular complexity index is 517. The number of carbonyl (C=O) groups is 1. The Morgan fingerprint density at radius 1 is 1.30 bits per heavy atom. The minimum atomic E-state index is -0.594. The molecular weight excluding hydrogens is 263 g/mol. The van der Waals surface area contributed by atoms with Gasteiger partial charge in [-0.25, -0.2) is 4.39 Å². The number of benzene rings is 1. The fraction of sp³-hybridized carbons (Fsp3) is 0.500. The van der Waals surface area contributed by atoms with Gasteiger partial charge >= 0.3 is 0 Å². The van der Waals surface area contributed by atoms with Crippen molar-refractivity contribution in [2.75, 3.05) is 49.8 Å². The molecule has 0 bridgehead atoms. The minimum absolute atomic E-state index is 0.162. The lowest BCUT2D eigenvalue weighted by Crippen LogP contribution is -2.50. The molecule has 2 aliphatic heterocycles. The number of ether oxygens (including phenoxy) is 2. The summed E-state index contributed by atoms with van der Waals surface area (Å²) in [6.07, 6.45) is -0.594. The number of anilines is 2. The standard InChI is InChI=1S/C14H17FN2O3/c1-16-4-5-17(12-8-10(15)2-3-11(12)16)14(18)13-9-19-6-7-20-13/h2-3,8,13H,4-7,9H2,1H3/t13-/m1/s1. The SMILES string of the molecule is CN1CCN(C(=O)[C@H]2COCCO2)c2cc(F)ccc21. The van der Waals surface area contributed by atoms with Crippen LogP contribution in [0.1, 0.15) is 0 Å². The zero-order valence-corrected chi connectivity index (χ0v) is 11.3. The van der Waals surface area contributed by atoms with Gasteiger partial charge in [0.05, 0.1) is 31.2 Å². The molecule has 1 fully saturated rings. The van der Waals surface area contributed by atoms with Crippen molar-refractivity contribution in [3.05, 3.63) is 24.0 Å². The first-order valence-electron chi connectivity index (χ1n) is 6.68. The molecule has 0 unspecified atom stereocenters. The third-order valence-electron chi connectivity index (χ3n) is 3.66. The van der Waals surface area contributed by atoms with Gasteiger partial charge in [0, 0.05) is 20.1 Å². The van der Waals surface area contributed by atoms with E-state index in [4.69, 9.17) is 9.47 Å². The van der Waals surface area contributed by atoms with E-state index in [1.165, 1.54) is 12.1 Å². The number of hydrogen-bond acceptors (Lipinski definition) is 4. The molecule has 2 aliphatic rings. The Balaban J connectivity index is 1.89. The van der Waals surface area contributed by atoms with Crippen molar-refractivity contribution in [2.45, 2.75) is 6.10 Å². The molecule has 3 rings (SSSR count). The Labute approximate surface area is 116 Å². The number of nitrogens with zero attached hydrogens (tertiary/aromatic N) is 2. The molecule has 1 aromatic carbocycles. The molecule has 1 atom stereocenters. The summed E-state index contributed by atoms with van der Waals surface area (Å²) in [7, 11) is 1.93. The van der Waals surface area contributed by atoms with Crippen LogP contribution in [0.25, 0.3) is 0 Å². The maximum Gasteiger partial charge on any atom is 0.258 e. The first-order chi connectivity index (χ1) is 9.66. The maximum atomic E-state index is 13.5. The van der Waals surface area contributed by atoms with Crippen molar-refractivity contribution < 1.29 is 18.7 Å². The monoisotopic (exact) mass is 280 g/mol. The zero-order valence-electron chi connectivity index (χ0n) is 11.3. The van der Waals surface area contributed by atoms with E-state index in [0.717, 1.165) is 5.69 Å². The van der Waals surface area contributed by atoms with Crippen LogP contribution in [0.5, 0.6) is 0 Å². The highest BCUT2D eigenvalue weighted by molar-refractivity contribution is 6.00. The predicted octanol–water partition coefficient (Wildman–Crippen LogP) is 1.02. The van der Waals surface area contributed by atoms with E-state index in [9.17, 15) is 9.18 Å². The topological polar surface area (TPSA) is 42.0 Å². The third-order valence-corrected chi connectivity index (χ3v) is 3.66. The van der Waals surface area contributed by atoms with Gasteiger partial charge in [-0.2, -0.15) is 0 Å². The highest BCUT2D eigenvalue weighted by Crippen LogP contribution is 2.33. The van der Waals surface area contributed by atoms with Crippen molar-refractivity contribution in [1.82, 2.24) is 0 Å². The molecule has 20 heavy (non-hydrogen) atoms. The lowest BCUT2D eigenvalue weighted by molar-refractivity contribution is -0.144. The number of carbonyl (C=O) groups excluding carboxylic acids is 1. The maximum absolute atomic E-state index is 13.5. The smallest absolute Gasteiger partial charge is 0.258 e. The van der Waals surface area contributed by atoms with Crippen molar-refractivity contribution in [3.63, 3.8) is 0 Å². The summed E-state index contributed by atoms with van der Waals surface area (Å²) in [5, 5.41) is 0. The summed E-state index contributed by atoms with van der Waals surface area (Å²) in [5.74, 6) is -0.512. The Morgan fingerprint density at radius 2 is 2.15 bits per heavy atom. The summed E-state index contributed by atoms with van der Waals surface area (Å²) < 4.78 is 24.2. The Hall–Kier alpha value is -1.66. The molecule has 1 aromatic rings. The van der Waals surface area contributed by atoms with E-state index in [-0.39, 0.29) is 18.3 Å². The second-order valence-corrected chi connectivity index (χ2v) is 4.98. The first-order valence-corrected chi connectivity index (χ1v) is 6.68. The molecule has 0 aliphatic carbocycles. The van der Waals surface area contributed by atoms with Crippen molar-refractivity contribution in [3.8, 4) is 0 Å². The van der Waals surface area contributed by atoms with Gasteiger partial charge in [0.1, 0.15) is 5.82 Å². The van der Waals surface area contributed by atoms with Gasteiger partial charge in [-0.05, 0) is 18.2 Å². The molecule has 0 saturated carbocycles. The fourth-order valence-electron chi connectivity index (χ4n) is 2.56. The Morgan fingerprint density at radius 3 is 2.90 bits per heavy atom. The number of halogens is 1. The average Bonchev–Trinajstić information content (AvgIpc) is 2.48. The number of fused-ring (bicyclic) bond motifs is 1. The number of amides is 1. The summed E-state index contributed by atoms with van der Waals surface area (Å²) in [6.45, 7) is 2.41. The molecule has 1 saturated heterocycles. The van der Waals surface area contributed by atoms with E-state index in [1.54, 1.807) is 11.0 Å². The fourth-order valence-corrected chi connectivity index (χ4v) is 2.56. The molecule has 6 heteroatoms. The molecule has 2 heterocycles. The van der Waals surface area contributed by atoms with Crippen molar-refractivity contribution in [2.24, 2.45) is 0 Å². The molecule has 108 valence electrons. The van der Waals surface area contributed by atoms with Gasteiger partial charge in [0.2, 0.25) is 0 Å². The van der Waals surface area contributed by atoms with E-state index < -0.39 is 6.10 Å². The summed E-state index contributed by atoms with van der Waals surface area (Å²) in [5.41, 5.74) is 1.45. The van der Waals surface area contributed by atoms with Gasteiger partial charge in [-0.15, -0.1) is 0 Å². The summed E-state index contributed by atoms with van der Waals surface area (Å²) in [6, 6.07) is 4.50. The molecule has 0 spiro atoms. The van der Waals surface area contributed by atoms with Gasteiger partial charge in [-0.1, -0.05) is 0 Å². The molecule has 1 amide bonds. The van der Waals surface area contributed by atoms with E-state index >= 15 is 0 Å². The van der Waals surface area contributed by atoms with Gasteiger partial charge < -0.3 is 19.3 Å². The van der Waals surface area contributed by atoms with Crippen LogP contribution in [0.15, 0.2) is 18.2 Å². The highest BCUT2D eigenvalue weighted by Gasteiger charge is 2.32. The normalized spacial score (nSPS) is 22.6. The molecular formula is C14H17FN2O3. The van der Waals surface area contributed by atoms with Crippen LogP contribution in [-0.4, -0.2) is 52.0 Å². The largest absolute Gasteiger partial charge is 0.376 e. The molecule has 5 nitrogen and oxygen atoms in total. The summed E-state index contributed by atoms with van der Waals surface area (Å²) >= 11 is 0. The third kappa shape index (κ3) is 2.36. The van der Waals surface area contributed by atoms with Crippen molar-refractivity contribution in [1.29, 1.82) is 0 Å². The summed E-state index contributed by atoms with van der Waals surface area (Å²) in [4.78, 5) is 16.1. The number of likely N-dealkylation sites (N-methyl/N-ethyl adjacent to an activating group) is 1.